The van der Waals surface area contributed by atoms with Gasteiger partial charge in [0.05, 0.1) is 17.4 Å². The van der Waals surface area contributed by atoms with E-state index in [0.29, 0.717) is 5.69 Å². The molecule has 3 rings (SSSR count). The van der Waals surface area contributed by atoms with Crippen LogP contribution < -0.4 is 11.1 Å². The molecule has 0 bridgehead atoms. The first-order chi connectivity index (χ1) is 9.74. The molecule has 0 atom stereocenters. The summed E-state index contributed by atoms with van der Waals surface area (Å²) in [5, 5.41) is 8.66. The van der Waals surface area contributed by atoms with Gasteiger partial charge in [-0.05, 0) is 36.2 Å². The molecule has 3 N–H and O–H groups in total. The first kappa shape index (κ1) is 12.5. The zero-order chi connectivity index (χ0) is 13.9. The van der Waals surface area contributed by atoms with Crippen LogP contribution in [0, 0.1) is 0 Å². The molecule has 0 saturated heterocycles. The van der Waals surface area contributed by atoms with Gasteiger partial charge in [0, 0.05) is 37.1 Å². The van der Waals surface area contributed by atoms with Gasteiger partial charge in [0.15, 0.2) is 0 Å². The molecular formula is C15H17N5. The van der Waals surface area contributed by atoms with E-state index in [1.807, 2.05) is 48.4 Å². The Bertz CT molecular complexity index is 732. The van der Waals surface area contributed by atoms with E-state index < -0.39 is 0 Å². The number of nitrogen functional groups attached to an aromatic ring is 1. The van der Waals surface area contributed by atoms with Crippen LogP contribution >= 0.6 is 0 Å². The molecule has 102 valence electrons. The standard InChI is InChI=1S/C15H17N5/c1-20-10-11(9-19-20)6-8-17-14-5-4-13(16)15-12(14)3-2-7-18-15/h2-5,7,9-10,17H,6,8,16H2,1H3. The Morgan fingerprint density at radius 3 is 3.00 bits per heavy atom. The topological polar surface area (TPSA) is 68.8 Å². The number of nitrogens with one attached hydrogen (secondary N) is 1. The third kappa shape index (κ3) is 2.42. The van der Waals surface area contributed by atoms with E-state index in [2.05, 4.69) is 15.4 Å². The summed E-state index contributed by atoms with van der Waals surface area (Å²) in [5.41, 5.74) is 9.78. The van der Waals surface area contributed by atoms with Gasteiger partial charge in [-0.15, -0.1) is 0 Å². The molecule has 0 fully saturated rings. The minimum atomic E-state index is 0.707. The van der Waals surface area contributed by atoms with Gasteiger partial charge in [-0.3, -0.25) is 9.67 Å². The fraction of sp³-hybridized carbons (Fsp3) is 0.200. The van der Waals surface area contributed by atoms with Crippen LogP contribution in [-0.4, -0.2) is 21.3 Å². The fourth-order valence-electron chi connectivity index (χ4n) is 2.29. The maximum Gasteiger partial charge on any atom is 0.0951 e. The molecule has 0 spiro atoms. The number of anilines is 2. The molecule has 0 aliphatic heterocycles. The van der Waals surface area contributed by atoms with Crippen LogP contribution in [0.2, 0.25) is 0 Å². The van der Waals surface area contributed by atoms with E-state index in [9.17, 15) is 0 Å². The van der Waals surface area contributed by atoms with Crippen LogP contribution in [-0.2, 0) is 13.5 Å². The summed E-state index contributed by atoms with van der Waals surface area (Å²) in [5.74, 6) is 0. The Labute approximate surface area is 117 Å². The summed E-state index contributed by atoms with van der Waals surface area (Å²) in [6, 6.07) is 7.85. The second-order valence-corrected chi connectivity index (χ2v) is 4.80. The molecule has 2 aromatic heterocycles. The number of aromatic nitrogens is 3. The highest BCUT2D eigenvalue weighted by Crippen LogP contribution is 2.26. The lowest BCUT2D eigenvalue weighted by molar-refractivity contribution is 0.767. The molecular weight excluding hydrogens is 250 g/mol. The zero-order valence-electron chi connectivity index (χ0n) is 11.4. The number of benzene rings is 1. The summed E-state index contributed by atoms with van der Waals surface area (Å²) in [6.07, 6.45) is 6.62. The van der Waals surface area contributed by atoms with Gasteiger partial charge >= 0.3 is 0 Å². The van der Waals surface area contributed by atoms with Crippen LogP contribution in [0.5, 0.6) is 0 Å². The monoisotopic (exact) mass is 267 g/mol. The summed E-state index contributed by atoms with van der Waals surface area (Å²) in [7, 11) is 1.93. The second-order valence-electron chi connectivity index (χ2n) is 4.80. The summed E-state index contributed by atoms with van der Waals surface area (Å²) < 4.78 is 1.82. The predicted octanol–water partition coefficient (Wildman–Crippen LogP) is 2.21. The van der Waals surface area contributed by atoms with Crippen molar-refractivity contribution in [3.63, 3.8) is 0 Å². The highest BCUT2D eigenvalue weighted by molar-refractivity contribution is 5.98. The van der Waals surface area contributed by atoms with Gasteiger partial charge in [-0.1, -0.05) is 0 Å². The first-order valence-electron chi connectivity index (χ1n) is 6.58. The minimum Gasteiger partial charge on any atom is -0.397 e. The van der Waals surface area contributed by atoms with Crippen molar-refractivity contribution in [2.24, 2.45) is 7.05 Å². The normalized spacial score (nSPS) is 10.8. The number of pyridine rings is 1. The highest BCUT2D eigenvalue weighted by Gasteiger charge is 2.04. The van der Waals surface area contributed by atoms with Crippen LogP contribution in [0.1, 0.15) is 5.56 Å². The number of hydrogen-bond donors (Lipinski definition) is 2. The van der Waals surface area contributed by atoms with Crippen molar-refractivity contribution in [2.75, 3.05) is 17.6 Å². The van der Waals surface area contributed by atoms with Crippen LogP contribution in [0.4, 0.5) is 11.4 Å². The molecule has 0 saturated carbocycles. The maximum atomic E-state index is 5.95. The number of nitrogens with two attached hydrogens (primary N) is 1. The number of aryl methyl sites for hydroxylation is 1. The Balaban J connectivity index is 1.76. The average Bonchev–Trinajstić information content (AvgIpc) is 2.87. The molecule has 2 heterocycles. The number of fused-ring (bicyclic) bond motifs is 1. The molecule has 0 unspecified atom stereocenters. The maximum absolute atomic E-state index is 5.95. The molecule has 0 amide bonds. The van der Waals surface area contributed by atoms with E-state index in [0.717, 1.165) is 29.6 Å². The molecule has 0 aliphatic rings. The predicted molar refractivity (Wildman–Crippen MR) is 81.6 cm³/mol. The summed E-state index contributed by atoms with van der Waals surface area (Å²) in [6.45, 7) is 0.847. The lowest BCUT2D eigenvalue weighted by Crippen LogP contribution is -2.05. The van der Waals surface area contributed by atoms with E-state index in [4.69, 9.17) is 5.73 Å². The molecule has 5 heteroatoms. The largest absolute Gasteiger partial charge is 0.397 e. The third-order valence-electron chi connectivity index (χ3n) is 3.29. The van der Waals surface area contributed by atoms with Crippen molar-refractivity contribution in [1.29, 1.82) is 0 Å². The Kier molecular flexibility index (Phi) is 3.25. The van der Waals surface area contributed by atoms with Crippen molar-refractivity contribution in [1.82, 2.24) is 14.8 Å². The molecule has 0 radical (unpaired) electrons. The van der Waals surface area contributed by atoms with Crippen LogP contribution in [0.15, 0.2) is 42.9 Å². The molecule has 3 aromatic rings. The number of nitrogens with zero attached hydrogens (tertiary/aromatic N) is 3. The molecule has 0 aliphatic carbocycles. The van der Waals surface area contributed by atoms with Gasteiger partial charge in [0.1, 0.15) is 0 Å². The smallest absolute Gasteiger partial charge is 0.0951 e. The quantitative estimate of drug-likeness (QED) is 0.711. The minimum absolute atomic E-state index is 0.707. The van der Waals surface area contributed by atoms with Crippen molar-refractivity contribution >= 4 is 22.3 Å². The van der Waals surface area contributed by atoms with E-state index >= 15 is 0 Å². The SMILES string of the molecule is Cn1cc(CCNc2ccc(N)c3ncccc23)cn1. The van der Waals surface area contributed by atoms with Gasteiger partial charge in [0.25, 0.3) is 0 Å². The molecule has 1 aromatic carbocycles. The van der Waals surface area contributed by atoms with Gasteiger partial charge in [-0.2, -0.15) is 5.10 Å². The highest BCUT2D eigenvalue weighted by atomic mass is 15.2. The average molecular weight is 267 g/mol. The lowest BCUT2D eigenvalue weighted by Gasteiger charge is -2.10. The van der Waals surface area contributed by atoms with Gasteiger partial charge in [-0.25, -0.2) is 0 Å². The summed E-state index contributed by atoms with van der Waals surface area (Å²) in [4.78, 5) is 4.33. The van der Waals surface area contributed by atoms with Crippen molar-refractivity contribution < 1.29 is 0 Å². The second kappa shape index (κ2) is 5.21. The van der Waals surface area contributed by atoms with E-state index in [-0.39, 0.29) is 0 Å². The Morgan fingerprint density at radius 2 is 2.20 bits per heavy atom. The number of rotatable bonds is 4. The molecule has 20 heavy (non-hydrogen) atoms. The van der Waals surface area contributed by atoms with Gasteiger partial charge < -0.3 is 11.1 Å². The van der Waals surface area contributed by atoms with Crippen molar-refractivity contribution in [2.45, 2.75) is 6.42 Å². The first-order valence-corrected chi connectivity index (χ1v) is 6.58. The van der Waals surface area contributed by atoms with Crippen LogP contribution in [0.3, 0.4) is 0 Å². The van der Waals surface area contributed by atoms with E-state index in [1.165, 1.54) is 5.56 Å². The van der Waals surface area contributed by atoms with Crippen molar-refractivity contribution in [3.05, 3.63) is 48.4 Å². The zero-order valence-corrected chi connectivity index (χ0v) is 11.4. The fourth-order valence-corrected chi connectivity index (χ4v) is 2.29. The number of hydrogen-bond acceptors (Lipinski definition) is 4. The lowest BCUT2D eigenvalue weighted by atomic mass is 10.1. The summed E-state index contributed by atoms with van der Waals surface area (Å²) >= 11 is 0. The Hall–Kier alpha value is -2.56. The van der Waals surface area contributed by atoms with Gasteiger partial charge in [0.2, 0.25) is 0 Å². The van der Waals surface area contributed by atoms with E-state index in [1.54, 1.807) is 6.20 Å². The Morgan fingerprint density at radius 1 is 1.30 bits per heavy atom. The third-order valence-corrected chi connectivity index (χ3v) is 3.29. The molecule has 5 nitrogen and oxygen atoms in total. The van der Waals surface area contributed by atoms with Crippen LogP contribution in [0.25, 0.3) is 10.9 Å². The van der Waals surface area contributed by atoms with Crippen molar-refractivity contribution in [3.8, 4) is 0 Å².